The van der Waals surface area contributed by atoms with Crippen LogP contribution >= 0.6 is 45.9 Å². The molecule has 3 aromatic rings. The predicted molar refractivity (Wildman–Crippen MR) is 120 cm³/mol. The first-order valence-corrected chi connectivity index (χ1v) is 12.7. The third kappa shape index (κ3) is 4.12. The van der Waals surface area contributed by atoms with E-state index in [1.54, 1.807) is 11.3 Å². The Kier molecular flexibility index (Phi) is 5.90. The summed E-state index contributed by atoms with van der Waals surface area (Å²) in [4.78, 5) is 22.3. The Hall–Kier alpha value is -1.56. The van der Waals surface area contributed by atoms with Crippen molar-refractivity contribution in [1.29, 1.82) is 0 Å². The lowest BCUT2D eigenvalue weighted by molar-refractivity contribution is -0.122. The van der Waals surface area contributed by atoms with Gasteiger partial charge in [-0.25, -0.2) is 18.4 Å². The minimum absolute atomic E-state index is 0.0211. The number of hydrogen-bond acceptors (Lipinski definition) is 7. The average molecular weight is 503 g/mol. The third-order valence-corrected chi connectivity index (χ3v) is 9.00. The van der Waals surface area contributed by atoms with Crippen LogP contribution in [0, 0.1) is 19.8 Å². The van der Waals surface area contributed by atoms with E-state index >= 15 is 0 Å². The first kappa shape index (κ1) is 21.7. The molecule has 7 nitrogen and oxygen atoms in total. The molecular weight excluding hydrogens is 487 g/mol. The smallest absolute Gasteiger partial charge is 0.244 e. The molecule has 0 radical (unpaired) electrons. The number of amides is 1. The number of rotatable bonds is 5. The van der Waals surface area contributed by atoms with E-state index in [2.05, 4.69) is 15.3 Å². The first-order chi connectivity index (χ1) is 14.1. The van der Waals surface area contributed by atoms with Crippen molar-refractivity contribution in [3.8, 4) is 10.6 Å². The van der Waals surface area contributed by atoms with Crippen molar-refractivity contribution >= 4 is 66.9 Å². The minimum Gasteiger partial charge on any atom is -0.302 e. The van der Waals surface area contributed by atoms with Gasteiger partial charge in [-0.3, -0.25) is 4.79 Å². The van der Waals surface area contributed by atoms with Gasteiger partial charge in [-0.1, -0.05) is 23.2 Å². The van der Waals surface area contributed by atoms with Crippen LogP contribution in [0.5, 0.6) is 0 Å². The quantitative estimate of drug-likeness (QED) is 0.556. The maximum Gasteiger partial charge on any atom is 0.244 e. The predicted octanol–water partition coefficient (Wildman–Crippen LogP) is 4.45. The van der Waals surface area contributed by atoms with Crippen LogP contribution in [0.25, 0.3) is 10.6 Å². The number of benzene rings is 1. The van der Waals surface area contributed by atoms with Crippen molar-refractivity contribution in [2.24, 2.45) is 5.92 Å². The molecule has 158 valence electrons. The Morgan fingerprint density at radius 1 is 1.23 bits per heavy atom. The maximum atomic E-state index is 12.7. The van der Waals surface area contributed by atoms with Gasteiger partial charge in [0.15, 0.2) is 5.13 Å². The number of carbonyl (C=O) groups excluding carboxylic acids is 1. The summed E-state index contributed by atoms with van der Waals surface area (Å²) >= 11 is 14.7. The zero-order chi connectivity index (χ0) is 21.6. The summed E-state index contributed by atoms with van der Waals surface area (Å²) in [5, 5.41) is 6.49. The number of aryl methyl sites for hydroxylation is 2. The van der Waals surface area contributed by atoms with E-state index in [-0.39, 0.29) is 28.9 Å². The highest BCUT2D eigenvalue weighted by Gasteiger charge is 2.41. The fraction of sp³-hybridized carbons (Fsp3) is 0.278. The van der Waals surface area contributed by atoms with Gasteiger partial charge < -0.3 is 5.32 Å². The lowest BCUT2D eigenvalue weighted by atomic mass is 10.0. The van der Waals surface area contributed by atoms with Crippen molar-refractivity contribution in [2.75, 3.05) is 18.4 Å². The normalized spacial score (nSPS) is 15.2. The molecule has 1 saturated heterocycles. The highest BCUT2D eigenvalue weighted by molar-refractivity contribution is 7.89. The van der Waals surface area contributed by atoms with Gasteiger partial charge >= 0.3 is 0 Å². The molecular formula is C18H16Cl2N4O3S3. The second kappa shape index (κ2) is 8.18. The summed E-state index contributed by atoms with van der Waals surface area (Å²) in [5.74, 6) is -0.715. The molecule has 0 spiro atoms. The molecule has 1 aliphatic rings. The first-order valence-electron chi connectivity index (χ1n) is 8.81. The number of anilines is 1. The van der Waals surface area contributed by atoms with Gasteiger partial charge in [-0.2, -0.15) is 4.31 Å². The SMILES string of the molecule is Cc1nc(C)c(-c2csc(NC(=O)C3CN(S(=O)(=O)c4ccc(Cl)cc4Cl)C3)n2)s1. The van der Waals surface area contributed by atoms with Crippen molar-refractivity contribution in [3.63, 3.8) is 0 Å². The average Bonchev–Trinajstić information content (AvgIpc) is 3.18. The fourth-order valence-electron chi connectivity index (χ4n) is 3.04. The van der Waals surface area contributed by atoms with Gasteiger partial charge in [0.2, 0.25) is 15.9 Å². The topological polar surface area (TPSA) is 92.3 Å². The van der Waals surface area contributed by atoms with E-state index in [1.807, 2.05) is 19.2 Å². The molecule has 1 fully saturated rings. The monoisotopic (exact) mass is 502 g/mol. The minimum atomic E-state index is -3.78. The molecule has 1 aromatic carbocycles. The number of thiazole rings is 2. The van der Waals surface area contributed by atoms with Gasteiger partial charge in [-0.15, -0.1) is 22.7 Å². The van der Waals surface area contributed by atoms with Crippen LogP contribution in [0.3, 0.4) is 0 Å². The zero-order valence-electron chi connectivity index (χ0n) is 15.8. The van der Waals surface area contributed by atoms with E-state index < -0.39 is 15.9 Å². The third-order valence-electron chi connectivity index (χ3n) is 4.60. The van der Waals surface area contributed by atoms with E-state index in [0.29, 0.717) is 10.2 Å². The molecule has 0 bridgehead atoms. The van der Waals surface area contributed by atoms with Crippen molar-refractivity contribution in [3.05, 3.63) is 44.3 Å². The zero-order valence-corrected chi connectivity index (χ0v) is 19.8. The lowest BCUT2D eigenvalue weighted by Gasteiger charge is -2.36. The van der Waals surface area contributed by atoms with Crippen molar-refractivity contribution in [1.82, 2.24) is 14.3 Å². The molecule has 2 aromatic heterocycles. The molecule has 0 aliphatic carbocycles. The molecule has 0 atom stereocenters. The van der Waals surface area contributed by atoms with Gasteiger partial charge in [-0.05, 0) is 32.0 Å². The van der Waals surface area contributed by atoms with Crippen molar-refractivity contribution < 1.29 is 13.2 Å². The van der Waals surface area contributed by atoms with Crippen LogP contribution < -0.4 is 5.32 Å². The summed E-state index contributed by atoms with van der Waals surface area (Å²) in [6.45, 7) is 4.02. The maximum absolute atomic E-state index is 12.7. The van der Waals surface area contributed by atoms with Crippen LogP contribution in [0.2, 0.25) is 10.0 Å². The number of sulfonamides is 1. The molecule has 12 heteroatoms. The van der Waals surface area contributed by atoms with Crippen LogP contribution in [0.15, 0.2) is 28.5 Å². The number of carbonyl (C=O) groups is 1. The Labute approximate surface area is 191 Å². The van der Waals surface area contributed by atoms with E-state index in [1.165, 1.54) is 33.8 Å². The summed E-state index contributed by atoms with van der Waals surface area (Å²) < 4.78 is 26.7. The molecule has 3 heterocycles. The molecule has 1 amide bonds. The number of aromatic nitrogens is 2. The highest BCUT2D eigenvalue weighted by atomic mass is 35.5. The van der Waals surface area contributed by atoms with E-state index in [0.717, 1.165) is 21.3 Å². The number of halogens is 2. The summed E-state index contributed by atoms with van der Waals surface area (Å²) in [6.07, 6.45) is 0. The standard InChI is InChI=1S/C18H16Cl2N4O3S3/c1-9-16(29-10(2)21-9)14-8-28-18(22-14)23-17(25)11-6-24(7-11)30(26,27)15-4-3-12(19)5-13(15)20/h3-5,8,11H,6-7H2,1-2H3,(H,22,23,25). The van der Waals surface area contributed by atoms with Gasteiger partial charge in [0.1, 0.15) is 4.90 Å². The molecule has 0 unspecified atom stereocenters. The lowest BCUT2D eigenvalue weighted by Crippen LogP contribution is -2.54. The second-order valence-corrected chi connectivity index (χ2v) is 11.6. The summed E-state index contributed by atoms with van der Waals surface area (Å²) in [7, 11) is -3.78. The second-order valence-electron chi connectivity index (χ2n) is 6.77. The number of nitrogens with zero attached hydrogens (tertiary/aromatic N) is 3. The van der Waals surface area contributed by atoms with Crippen LogP contribution in [-0.2, 0) is 14.8 Å². The van der Waals surface area contributed by atoms with Gasteiger partial charge in [0, 0.05) is 23.5 Å². The molecule has 1 N–H and O–H groups in total. The number of hydrogen-bond donors (Lipinski definition) is 1. The summed E-state index contributed by atoms with van der Waals surface area (Å²) in [5.41, 5.74) is 1.68. The number of nitrogens with one attached hydrogen (secondary N) is 1. The Bertz CT molecular complexity index is 1230. The van der Waals surface area contributed by atoms with Crippen molar-refractivity contribution in [2.45, 2.75) is 18.7 Å². The van der Waals surface area contributed by atoms with E-state index in [9.17, 15) is 13.2 Å². The van der Waals surface area contributed by atoms with Crippen LogP contribution in [0.1, 0.15) is 10.7 Å². The molecule has 30 heavy (non-hydrogen) atoms. The van der Waals surface area contributed by atoms with Gasteiger partial charge in [0.25, 0.3) is 0 Å². The molecule has 4 rings (SSSR count). The van der Waals surface area contributed by atoms with E-state index in [4.69, 9.17) is 23.2 Å². The molecule has 0 saturated carbocycles. The Morgan fingerprint density at radius 2 is 1.97 bits per heavy atom. The Morgan fingerprint density at radius 3 is 2.60 bits per heavy atom. The Balaban J connectivity index is 1.40. The highest BCUT2D eigenvalue weighted by Crippen LogP contribution is 2.34. The summed E-state index contributed by atoms with van der Waals surface area (Å²) in [6, 6.07) is 4.22. The largest absolute Gasteiger partial charge is 0.302 e. The fourth-order valence-corrected chi connectivity index (χ4v) is 6.97. The van der Waals surface area contributed by atoms with Gasteiger partial charge in [0.05, 0.1) is 32.2 Å². The van der Waals surface area contributed by atoms with Crippen LogP contribution in [0.4, 0.5) is 5.13 Å². The molecule has 1 aliphatic heterocycles. The van der Waals surface area contributed by atoms with Crippen LogP contribution in [-0.4, -0.2) is 41.7 Å².